The molecule has 0 aliphatic carbocycles. The maximum absolute atomic E-state index is 12.3. The van der Waals surface area contributed by atoms with E-state index in [9.17, 15) is 4.79 Å². The Kier molecular flexibility index (Phi) is 3.29. The zero-order valence-electron chi connectivity index (χ0n) is 11.1. The Hall–Kier alpha value is -2.49. The molecule has 0 radical (unpaired) electrons. The second-order valence-corrected chi connectivity index (χ2v) is 4.61. The van der Waals surface area contributed by atoms with Gasteiger partial charge in [-0.2, -0.15) is 0 Å². The fourth-order valence-electron chi connectivity index (χ4n) is 2.29. The smallest absolute Gasteiger partial charge is 0.265 e. The largest absolute Gasteiger partial charge is 0.495 e. The molecule has 0 saturated heterocycles. The van der Waals surface area contributed by atoms with Gasteiger partial charge in [0.05, 0.1) is 12.8 Å². The number of fused-ring (bicyclic) bond motifs is 1. The van der Waals surface area contributed by atoms with Crippen LogP contribution in [0.15, 0.2) is 48.5 Å². The highest BCUT2D eigenvalue weighted by Crippen LogP contribution is 2.29. The van der Waals surface area contributed by atoms with Crippen LogP contribution in [0.5, 0.6) is 11.5 Å². The van der Waals surface area contributed by atoms with E-state index in [1.807, 2.05) is 36.4 Å². The summed E-state index contributed by atoms with van der Waals surface area (Å²) in [5.41, 5.74) is 1.72. The number of hydrogen-bond donors (Lipinski definition) is 1. The number of carbonyl (C=O) groups excluding carboxylic acids is 1. The molecule has 20 heavy (non-hydrogen) atoms. The van der Waals surface area contributed by atoms with Gasteiger partial charge < -0.3 is 14.8 Å². The van der Waals surface area contributed by atoms with E-state index in [0.717, 1.165) is 11.3 Å². The first-order valence-electron chi connectivity index (χ1n) is 6.46. The zero-order valence-corrected chi connectivity index (χ0v) is 11.1. The fraction of sp³-hybridized carbons (Fsp3) is 0.188. The van der Waals surface area contributed by atoms with Gasteiger partial charge in [-0.1, -0.05) is 30.3 Å². The van der Waals surface area contributed by atoms with Crippen molar-refractivity contribution in [2.75, 3.05) is 12.4 Å². The molecule has 2 aromatic carbocycles. The van der Waals surface area contributed by atoms with Gasteiger partial charge in [0.1, 0.15) is 11.5 Å². The molecule has 1 aliphatic heterocycles. The van der Waals surface area contributed by atoms with Crippen molar-refractivity contribution in [2.45, 2.75) is 12.5 Å². The fourth-order valence-corrected chi connectivity index (χ4v) is 2.29. The minimum atomic E-state index is -0.489. The molecule has 4 nitrogen and oxygen atoms in total. The van der Waals surface area contributed by atoms with Crippen LogP contribution in [-0.2, 0) is 11.2 Å². The number of hydrogen-bond acceptors (Lipinski definition) is 3. The third-order valence-electron chi connectivity index (χ3n) is 3.30. The first kappa shape index (κ1) is 12.5. The number of carbonyl (C=O) groups is 1. The molecule has 0 aromatic heterocycles. The lowest BCUT2D eigenvalue weighted by molar-refractivity contribution is -0.122. The highest BCUT2D eigenvalue weighted by atomic mass is 16.5. The molecule has 1 N–H and O–H groups in total. The Morgan fingerprint density at radius 1 is 1.20 bits per heavy atom. The Balaban J connectivity index is 1.72. The Morgan fingerprint density at radius 2 is 1.95 bits per heavy atom. The van der Waals surface area contributed by atoms with Gasteiger partial charge in [-0.25, -0.2) is 0 Å². The summed E-state index contributed by atoms with van der Waals surface area (Å²) in [6.07, 6.45) is 0.106. The van der Waals surface area contributed by atoms with E-state index in [0.29, 0.717) is 17.9 Å². The highest BCUT2D eigenvalue weighted by molar-refractivity contribution is 5.96. The third-order valence-corrected chi connectivity index (χ3v) is 3.30. The summed E-state index contributed by atoms with van der Waals surface area (Å²) in [6.45, 7) is 0. The first-order chi connectivity index (χ1) is 9.78. The average Bonchev–Trinajstić information content (AvgIpc) is 2.92. The van der Waals surface area contributed by atoms with E-state index >= 15 is 0 Å². The lowest BCUT2D eigenvalue weighted by Gasteiger charge is -2.13. The number of rotatable bonds is 3. The van der Waals surface area contributed by atoms with Gasteiger partial charge >= 0.3 is 0 Å². The quantitative estimate of drug-likeness (QED) is 0.931. The normalized spacial score (nSPS) is 16.1. The van der Waals surface area contributed by atoms with Crippen LogP contribution in [0.2, 0.25) is 0 Å². The van der Waals surface area contributed by atoms with Gasteiger partial charge in [-0.05, 0) is 23.8 Å². The summed E-state index contributed by atoms with van der Waals surface area (Å²) in [6, 6.07) is 15.0. The van der Waals surface area contributed by atoms with Gasteiger partial charge in [0.2, 0.25) is 0 Å². The van der Waals surface area contributed by atoms with Gasteiger partial charge in [0, 0.05) is 6.42 Å². The summed E-state index contributed by atoms with van der Waals surface area (Å²) in [7, 11) is 1.58. The predicted molar refractivity (Wildman–Crippen MR) is 76.2 cm³/mol. The number of amides is 1. The summed E-state index contributed by atoms with van der Waals surface area (Å²) >= 11 is 0. The molecule has 3 rings (SSSR count). The SMILES string of the molecule is COc1ccccc1NC(=O)[C@@H]1Cc2ccccc2O1. The lowest BCUT2D eigenvalue weighted by Crippen LogP contribution is -2.31. The molecule has 2 aromatic rings. The summed E-state index contributed by atoms with van der Waals surface area (Å²) in [5, 5.41) is 2.85. The predicted octanol–water partition coefficient (Wildman–Crippen LogP) is 2.64. The third kappa shape index (κ3) is 2.32. The van der Waals surface area contributed by atoms with Crippen molar-refractivity contribution in [1.82, 2.24) is 0 Å². The molecular formula is C16H15NO3. The second-order valence-electron chi connectivity index (χ2n) is 4.61. The van der Waals surface area contributed by atoms with E-state index in [-0.39, 0.29) is 5.91 Å². The molecule has 1 heterocycles. The van der Waals surface area contributed by atoms with E-state index < -0.39 is 6.10 Å². The number of anilines is 1. The van der Waals surface area contributed by atoms with Gasteiger partial charge in [-0.3, -0.25) is 4.79 Å². The van der Waals surface area contributed by atoms with Crippen molar-refractivity contribution in [2.24, 2.45) is 0 Å². The van der Waals surface area contributed by atoms with Crippen molar-refractivity contribution in [3.05, 3.63) is 54.1 Å². The molecular weight excluding hydrogens is 254 g/mol. The molecule has 1 amide bonds. The van der Waals surface area contributed by atoms with Crippen LogP contribution >= 0.6 is 0 Å². The van der Waals surface area contributed by atoms with Gasteiger partial charge in [0.25, 0.3) is 5.91 Å². The molecule has 0 fully saturated rings. The van der Waals surface area contributed by atoms with Crippen molar-refractivity contribution in [1.29, 1.82) is 0 Å². The molecule has 0 bridgehead atoms. The van der Waals surface area contributed by atoms with E-state index in [1.54, 1.807) is 19.2 Å². The van der Waals surface area contributed by atoms with Gasteiger partial charge in [-0.15, -0.1) is 0 Å². The van der Waals surface area contributed by atoms with E-state index in [4.69, 9.17) is 9.47 Å². The standard InChI is InChI=1S/C16H15NO3/c1-19-14-9-5-3-7-12(14)17-16(18)15-10-11-6-2-4-8-13(11)20-15/h2-9,15H,10H2,1H3,(H,17,18)/t15-/m0/s1. The van der Waals surface area contributed by atoms with Crippen molar-refractivity contribution in [3.8, 4) is 11.5 Å². The monoisotopic (exact) mass is 269 g/mol. The Morgan fingerprint density at radius 3 is 2.75 bits per heavy atom. The zero-order chi connectivity index (χ0) is 13.9. The molecule has 1 atom stereocenters. The maximum atomic E-state index is 12.3. The molecule has 4 heteroatoms. The maximum Gasteiger partial charge on any atom is 0.265 e. The van der Waals surface area contributed by atoms with E-state index in [1.165, 1.54) is 0 Å². The number of methoxy groups -OCH3 is 1. The minimum Gasteiger partial charge on any atom is -0.495 e. The summed E-state index contributed by atoms with van der Waals surface area (Å²) in [4.78, 5) is 12.3. The van der Waals surface area contributed by atoms with Crippen molar-refractivity contribution in [3.63, 3.8) is 0 Å². The number of para-hydroxylation sites is 3. The Bertz CT molecular complexity index is 614. The molecule has 0 saturated carbocycles. The van der Waals surface area contributed by atoms with Crippen LogP contribution < -0.4 is 14.8 Å². The molecule has 1 aliphatic rings. The number of ether oxygens (including phenoxy) is 2. The van der Waals surface area contributed by atoms with Crippen LogP contribution in [0.1, 0.15) is 5.56 Å². The van der Waals surface area contributed by atoms with Gasteiger partial charge in [0.15, 0.2) is 6.10 Å². The average molecular weight is 269 g/mol. The molecule has 0 spiro atoms. The van der Waals surface area contributed by atoms with Crippen LogP contribution in [0, 0.1) is 0 Å². The highest BCUT2D eigenvalue weighted by Gasteiger charge is 2.29. The van der Waals surface area contributed by atoms with Crippen molar-refractivity contribution < 1.29 is 14.3 Å². The van der Waals surface area contributed by atoms with Crippen LogP contribution in [-0.4, -0.2) is 19.1 Å². The Labute approximate surface area is 117 Å². The molecule has 102 valence electrons. The number of nitrogens with one attached hydrogen (secondary N) is 1. The summed E-state index contributed by atoms with van der Waals surface area (Å²) in [5.74, 6) is 1.26. The van der Waals surface area contributed by atoms with Crippen molar-refractivity contribution >= 4 is 11.6 Å². The van der Waals surface area contributed by atoms with Crippen LogP contribution in [0.3, 0.4) is 0 Å². The topological polar surface area (TPSA) is 47.6 Å². The minimum absolute atomic E-state index is 0.161. The second kappa shape index (κ2) is 5.25. The summed E-state index contributed by atoms with van der Waals surface area (Å²) < 4.78 is 10.9. The first-order valence-corrected chi connectivity index (χ1v) is 6.46. The number of benzene rings is 2. The van der Waals surface area contributed by atoms with Crippen LogP contribution in [0.25, 0.3) is 0 Å². The van der Waals surface area contributed by atoms with E-state index in [2.05, 4.69) is 5.32 Å². The van der Waals surface area contributed by atoms with Crippen LogP contribution in [0.4, 0.5) is 5.69 Å². The lowest BCUT2D eigenvalue weighted by atomic mass is 10.1. The molecule has 0 unspecified atom stereocenters.